The van der Waals surface area contributed by atoms with Gasteiger partial charge in [-0.05, 0) is 25.2 Å². The maximum Gasteiger partial charge on any atom is 0.208 e. The van der Waals surface area contributed by atoms with Gasteiger partial charge in [0.25, 0.3) is 0 Å². The second-order valence-corrected chi connectivity index (χ2v) is 7.13. The van der Waals surface area contributed by atoms with Crippen LogP contribution in [0.2, 0.25) is 0 Å². The molecule has 1 unspecified atom stereocenters. The van der Waals surface area contributed by atoms with Gasteiger partial charge in [0, 0.05) is 18.9 Å². The molecule has 106 valence electrons. The Balaban J connectivity index is 1.91. The van der Waals surface area contributed by atoms with Crippen LogP contribution in [0, 0.1) is 5.92 Å². The molecular formula is C12H23NO4S. The minimum Gasteiger partial charge on any atom is -0.348 e. The van der Waals surface area contributed by atoms with Crippen LogP contribution in [0.1, 0.15) is 39.0 Å². The van der Waals surface area contributed by atoms with Crippen molar-refractivity contribution in [1.82, 2.24) is 4.72 Å². The zero-order chi connectivity index (χ0) is 13.2. The van der Waals surface area contributed by atoms with Gasteiger partial charge >= 0.3 is 0 Å². The van der Waals surface area contributed by atoms with Gasteiger partial charge in [-0.3, -0.25) is 0 Å². The molecule has 0 aromatic heterocycles. The van der Waals surface area contributed by atoms with Gasteiger partial charge in [0.1, 0.15) is 0 Å². The molecule has 0 aromatic carbocycles. The maximum absolute atomic E-state index is 11.3. The van der Waals surface area contributed by atoms with Gasteiger partial charge in [0.05, 0.1) is 19.5 Å². The van der Waals surface area contributed by atoms with Crippen LogP contribution in [0.15, 0.2) is 0 Å². The first kappa shape index (κ1) is 14.2. The molecule has 0 radical (unpaired) electrons. The summed E-state index contributed by atoms with van der Waals surface area (Å²) in [7, 11) is -3.12. The lowest BCUT2D eigenvalue weighted by atomic mass is 9.80. The second-order valence-electron chi connectivity index (χ2n) is 5.35. The fourth-order valence-corrected chi connectivity index (χ4v) is 3.96. The SMILES string of the molecule is CCC(NS(C)(=O)=O)C1CCC2(CC1)OCCO2. The Morgan fingerprint density at radius 3 is 2.28 bits per heavy atom. The third kappa shape index (κ3) is 3.44. The lowest BCUT2D eigenvalue weighted by Gasteiger charge is -2.38. The molecule has 2 fully saturated rings. The van der Waals surface area contributed by atoms with E-state index in [1.54, 1.807) is 0 Å². The molecule has 0 aromatic rings. The largest absolute Gasteiger partial charge is 0.348 e. The van der Waals surface area contributed by atoms with Crippen LogP contribution in [-0.4, -0.2) is 39.7 Å². The number of hydrogen-bond acceptors (Lipinski definition) is 4. The van der Waals surface area contributed by atoms with Crippen LogP contribution in [0.25, 0.3) is 0 Å². The normalized spacial score (nSPS) is 26.6. The number of sulfonamides is 1. The highest BCUT2D eigenvalue weighted by molar-refractivity contribution is 7.88. The van der Waals surface area contributed by atoms with Crippen molar-refractivity contribution in [3.63, 3.8) is 0 Å². The molecular weight excluding hydrogens is 254 g/mol. The van der Waals surface area contributed by atoms with E-state index in [4.69, 9.17) is 9.47 Å². The molecule has 1 saturated heterocycles. The van der Waals surface area contributed by atoms with E-state index in [2.05, 4.69) is 4.72 Å². The fraction of sp³-hybridized carbons (Fsp3) is 1.00. The third-order valence-electron chi connectivity index (χ3n) is 3.98. The Morgan fingerprint density at radius 2 is 1.83 bits per heavy atom. The fourth-order valence-electron chi connectivity index (χ4n) is 3.06. The summed E-state index contributed by atoms with van der Waals surface area (Å²) in [6.45, 7) is 3.39. The molecule has 5 nitrogen and oxygen atoms in total. The molecule has 1 heterocycles. The number of hydrogen-bond donors (Lipinski definition) is 1. The van der Waals surface area contributed by atoms with Crippen molar-refractivity contribution < 1.29 is 17.9 Å². The van der Waals surface area contributed by atoms with E-state index in [9.17, 15) is 8.42 Å². The smallest absolute Gasteiger partial charge is 0.208 e. The molecule has 2 aliphatic rings. The van der Waals surface area contributed by atoms with Crippen LogP contribution < -0.4 is 4.72 Å². The topological polar surface area (TPSA) is 64.6 Å². The van der Waals surface area contributed by atoms with Gasteiger partial charge in [-0.25, -0.2) is 13.1 Å². The van der Waals surface area contributed by atoms with Gasteiger partial charge < -0.3 is 9.47 Å². The van der Waals surface area contributed by atoms with E-state index in [0.29, 0.717) is 19.1 Å². The van der Waals surface area contributed by atoms with E-state index < -0.39 is 10.0 Å². The Labute approximate surface area is 109 Å². The number of nitrogens with one attached hydrogen (secondary N) is 1. The van der Waals surface area contributed by atoms with Gasteiger partial charge in [0.2, 0.25) is 10.0 Å². The molecule has 1 atom stereocenters. The van der Waals surface area contributed by atoms with Crippen molar-refractivity contribution >= 4 is 10.0 Å². The zero-order valence-electron chi connectivity index (χ0n) is 11.1. The highest BCUT2D eigenvalue weighted by atomic mass is 32.2. The van der Waals surface area contributed by atoms with Crippen molar-refractivity contribution in [3.8, 4) is 0 Å². The molecule has 1 aliphatic heterocycles. The zero-order valence-corrected chi connectivity index (χ0v) is 12.0. The van der Waals surface area contributed by atoms with Crippen LogP contribution in [0.5, 0.6) is 0 Å². The van der Waals surface area contributed by atoms with Gasteiger partial charge in [-0.1, -0.05) is 6.92 Å². The average molecular weight is 277 g/mol. The summed E-state index contributed by atoms with van der Waals surface area (Å²) in [6, 6.07) is 0.0405. The molecule has 0 bridgehead atoms. The van der Waals surface area contributed by atoms with Crippen molar-refractivity contribution in [2.45, 2.75) is 50.9 Å². The summed E-state index contributed by atoms with van der Waals surface area (Å²) in [5, 5.41) is 0. The molecule has 1 saturated carbocycles. The van der Waals surface area contributed by atoms with E-state index in [1.807, 2.05) is 6.92 Å². The molecule has 1 aliphatic carbocycles. The Morgan fingerprint density at radius 1 is 1.28 bits per heavy atom. The van der Waals surface area contributed by atoms with Crippen molar-refractivity contribution in [2.75, 3.05) is 19.5 Å². The van der Waals surface area contributed by atoms with Crippen LogP contribution in [0.4, 0.5) is 0 Å². The quantitative estimate of drug-likeness (QED) is 0.840. The maximum atomic E-state index is 11.3. The number of ether oxygens (including phenoxy) is 2. The second kappa shape index (κ2) is 5.45. The summed E-state index contributed by atoms with van der Waals surface area (Å²) in [5.41, 5.74) is 0. The monoisotopic (exact) mass is 277 g/mol. The molecule has 18 heavy (non-hydrogen) atoms. The Bertz CT molecular complexity index is 366. The molecule has 6 heteroatoms. The first-order chi connectivity index (χ1) is 8.44. The summed E-state index contributed by atoms with van der Waals surface area (Å²) in [4.78, 5) is 0. The Hall–Kier alpha value is -0.170. The minimum absolute atomic E-state index is 0.0405. The van der Waals surface area contributed by atoms with Crippen molar-refractivity contribution in [2.24, 2.45) is 5.92 Å². The van der Waals surface area contributed by atoms with E-state index in [-0.39, 0.29) is 11.8 Å². The van der Waals surface area contributed by atoms with Crippen molar-refractivity contribution in [1.29, 1.82) is 0 Å². The molecule has 0 amide bonds. The highest BCUT2D eigenvalue weighted by Gasteiger charge is 2.41. The van der Waals surface area contributed by atoms with E-state index in [1.165, 1.54) is 6.26 Å². The van der Waals surface area contributed by atoms with Gasteiger partial charge in [0.15, 0.2) is 5.79 Å². The van der Waals surface area contributed by atoms with Gasteiger partial charge in [-0.2, -0.15) is 0 Å². The van der Waals surface area contributed by atoms with Gasteiger partial charge in [-0.15, -0.1) is 0 Å². The number of rotatable bonds is 4. The molecule has 1 N–H and O–H groups in total. The lowest BCUT2D eigenvalue weighted by molar-refractivity contribution is -0.183. The van der Waals surface area contributed by atoms with Crippen LogP contribution in [0.3, 0.4) is 0 Å². The lowest BCUT2D eigenvalue weighted by Crippen LogP contribution is -2.44. The first-order valence-electron chi connectivity index (χ1n) is 6.69. The predicted octanol–water partition coefficient (Wildman–Crippen LogP) is 1.25. The predicted molar refractivity (Wildman–Crippen MR) is 68.7 cm³/mol. The molecule has 1 spiro atoms. The van der Waals surface area contributed by atoms with Crippen molar-refractivity contribution in [3.05, 3.63) is 0 Å². The summed E-state index contributed by atoms with van der Waals surface area (Å²) in [5.74, 6) is 0.0306. The molecule has 2 rings (SSSR count). The minimum atomic E-state index is -3.12. The van der Waals surface area contributed by atoms with Crippen LogP contribution >= 0.6 is 0 Å². The summed E-state index contributed by atoms with van der Waals surface area (Å²) >= 11 is 0. The highest BCUT2D eigenvalue weighted by Crippen LogP contribution is 2.39. The third-order valence-corrected chi connectivity index (χ3v) is 4.71. The standard InChI is InChI=1S/C12H23NO4S/c1-3-11(13-18(2,14)15)10-4-6-12(7-5-10)16-8-9-17-12/h10-11,13H,3-9H2,1-2H3. The first-order valence-corrected chi connectivity index (χ1v) is 8.58. The Kier molecular flexibility index (Phi) is 4.31. The summed E-state index contributed by atoms with van der Waals surface area (Å²) < 4.78 is 36.8. The van der Waals surface area contributed by atoms with Crippen LogP contribution in [-0.2, 0) is 19.5 Å². The average Bonchev–Trinajstić information content (AvgIpc) is 2.75. The summed E-state index contributed by atoms with van der Waals surface area (Å²) in [6.07, 6.45) is 5.72. The van der Waals surface area contributed by atoms with E-state index in [0.717, 1.165) is 32.1 Å². The van der Waals surface area contributed by atoms with E-state index >= 15 is 0 Å².